The smallest absolute Gasteiger partial charge is 0.251 e. The quantitative estimate of drug-likeness (QED) is 0.440. The van der Waals surface area contributed by atoms with Gasteiger partial charge in [0.15, 0.2) is 0 Å². The third kappa shape index (κ3) is 5.12. The van der Waals surface area contributed by atoms with Gasteiger partial charge < -0.3 is 14.8 Å². The summed E-state index contributed by atoms with van der Waals surface area (Å²) in [5, 5.41) is 2.95. The van der Waals surface area contributed by atoms with Crippen LogP contribution in [-0.2, 0) is 17.8 Å². The highest BCUT2D eigenvalue weighted by Gasteiger charge is 2.22. The van der Waals surface area contributed by atoms with Crippen molar-refractivity contribution in [1.29, 1.82) is 0 Å². The second-order valence-electron chi connectivity index (χ2n) is 8.17. The number of para-hydroxylation sites is 3. The summed E-state index contributed by atoms with van der Waals surface area (Å²) in [4.78, 5) is 32.4. The lowest BCUT2D eigenvalue weighted by Crippen LogP contribution is -2.39. The normalized spacial score (nSPS) is 11.0. The molecule has 6 nitrogen and oxygen atoms in total. The standard InChI is InChI=1S/C27H28N4O2/c1-20(2)31(22-13-7-4-8-14-22)26(32)19-30-24-16-10-9-15-23(24)29-25(30)17-18-28-27(33)21-11-5-3-6-12-21/h3-16,20H,17-19H2,1-2H3,(H,28,33). The lowest BCUT2D eigenvalue weighted by molar-refractivity contribution is -0.119. The Kier molecular flexibility index (Phi) is 6.83. The summed E-state index contributed by atoms with van der Waals surface area (Å²) in [5.41, 5.74) is 3.24. The van der Waals surface area contributed by atoms with Crippen molar-refractivity contribution < 1.29 is 9.59 Å². The first-order valence-electron chi connectivity index (χ1n) is 11.2. The maximum atomic E-state index is 13.4. The Balaban J connectivity index is 1.55. The molecule has 3 aromatic carbocycles. The van der Waals surface area contributed by atoms with Crippen LogP contribution < -0.4 is 10.2 Å². The summed E-state index contributed by atoms with van der Waals surface area (Å²) in [5.74, 6) is 0.646. The maximum Gasteiger partial charge on any atom is 0.251 e. The Morgan fingerprint density at radius 2 is 1.55 bits per heavy atom. The molecule has 0 saturated carbocycles. The van der Waals surface area contributed by atoms with Gasteiger partial charge in [-0.25, -0.2) is 4.98 Å². The molecule has 0 aliphatic rings. The number of fused-ring (bicyclic) bond motifs is 1. The summed E-state index contributed by atoms with van der Waals surface area (Å²) in [6.45, 7) is 4.63. The van der Waals surface area contributed by atoms with E-state index in [4.69, 9.17) is 4.98 Å². The molecule has 168 valence electrons. The van der Waals surface area contributed by atoms with E-state index in [-0.39, 0.29) is 24.4 Å². The zero-order valence-corrected chi connectivity index (χ0v) is 18.9. The monoisotopic (exact) mass is 440 g/mol. The first-order chi connectivity index (χ1) is 16.0. The van der Waals surface area contributed by atoms with Crippen LogP contribution in [0.1, 0.15) is 30.0 Å². The molecule has 4 aromatic rings. The van der Waals surface area contributed by atoms with E-state index in [1.165, 1.54) is 0 Å². The molecule has 0 aliphatic heterocycles. The van der Waals surface area contributed by atoms with Gasteiger partial charge in [0, 0.05) is 30.3 Å². The van der Waals surface area contributed by atoms with Gasteiger partial charge >= 0.3 is 0 Å². The molecule has 4 rings (SSSR count). The minimum absolute atomic E-state index is 0.00563. The third-order valence-corrected chi connectivity index (χ3v) is 5.52. The molecule has 0 spiro atoms. The molecule has 1 N–H and O–H groups in total. The van der Waals surface area contributed by atoms with Crippen molar-refractivity contribution >= 4 is 28.5 Å². The van der Waals surface area contributed by atoms with E-state index in [0.29, 0.717) is 18.5 Å². The van der Waals surface area contributed by atoms with E-state index in [1.54, 1.807) is 12.1 Å². The number of nitrogens with one attached hydrogen (secondary N) is 1. The highest BCUT2D eigenvalue weighted by atomic mass is 16.2. The predicted molar refractivity (Wildman–Crippen MR) is 131 cm³/mol. The Hall–Kier alpha value is -3.93. The summed E-state index contributed by atoms with van der Waals surface area (Å²) in [7, 11) is 0. The second kappa shape index (κ2) is 10.1. The van der Waals surface area contributed by atoms with Crippen LogP contribution in [0.2, 0.25) is 0 Å². The number of rotatable bonds is 8. The van der Waals surface area contributed by atoms with Gasteiger partial charge in [0.25, 0.3) is 5.91 Å². The topological polar surface area (TPSA) is 67.2 Å². The van der Waals surface area contributed by atoms with Gasteiger partial charge in [0.2, 0.25) is 5.91 Å². The zero-order chi connectivity index (χ0) is 23.2. The number of amides is 2. The highest BCUT2D eigenvalue weighted by molar-refractivity contribution is 5.95. The number of hydrogen-bond acceptors (Lipinski definition) is 3. The van der Waals surface area contributed by atoms with Gasteiger partial charge in [-0.05, 0) is 50.2 Å². The van der Waals surface area contributed by atoms with Crippen molar-refractivity contribution in [2.45, 2.75) is 32.9 Å². The fourth-order valence-electron chi connectivity index (χ4n) is 4.00. The van der Waals surface area contributed by atoms with Gasteiger partial charge in [0.05, 0.1) is 11.0 Å². The number of benzene rings is 3. The van der Waals surface area contributed by atoms with E-state index < -0.39 is 0 Å². The molecule has 0 fully saturated rings. The highest BCUT2D eigenvalue weighted by Crippen LogP contribution is 2.20. The molecule has 6 heteroatoms. The van der Waals surface area contributed by atoms with Crippen LogP contribution >= 0.6 is 0 Å². The van der Waals surface area contributed by atoms with Gasteiger partial charge in [0.1, 0.15) is 12.4 Å². The minimum Gasteiger partial charge on any atom is -0.352 e. The molecule has 0 aliphatic carbocycles. The van der Waals surface area contributed by atoms with E-state index >= 15 is 0 Å². The van der Waals surface area contributed by atoms with Crippen molar-refractivity contribution in [3.8, 4) is 0 Å². The SMILES string of the molecule is CC(C)N(C(=O)Cn1c(CCNC(=O)c2ccccc2)nc2ccccc21)c1ccccc1. The molecule has 1 aromatic heterocycles. The number of anilines is 1. The molecule has 0 saturated heterocycles. The van der Waals surface area contributed by atoms with Crippen molar-refractivity contribution in [3.05, 3.63) is 96.3 Å². The molecule has 0 atom stereocenters. The molecule has 2 amide bonds. The first-order valence-corrected chi connectivity index (χ1v) is 11.2. The van der Waals surface area contributed by atoms with Gasteiger partial charge in [-0.1, -0.05) is 48.5 Å². The largest absolute Gasteiger partial charge is 0.352 e. The lowest BCUT2D eigenvalue weighted by atomic mass is 10.2. The zero-order valence-electron chi connectivity index (χ0n) is 18.9. The van der Waals surface area contributed by atoms with Gasteiger partial charge in [-0.15, -0.1) is 0 Å². The Morgan fingerprint density at radius 1 is 0.909 bits per heavy atom. The van der Waals surface area contributed by atoms with E-state index in [1.807, 2.05) is 96.1 Å². The van der Waals surface area contributed by atoms with E-state index in [9.17, 15) is 9.59 Å². The van der Waals surface area contributed by atoms with Crippen molar-refractivity contribution in [1.82, 2.24) is 14.9 Å². The van der Waals surface area contributed by atoms with Crippen molar-refractivity contribution in [2.24, 2.45) is 0 Å². The summed E-state index contributed by atoms with van der Waals surface area (Å²) < 4.78 is 1.96. The predicted octanol–water partition coefficient (Wildman–Crippen LogP) is 4.45. The summed E-state index contributed by atoms with van der Waals surface area (Å²) in [6.07, 6.45) is 0.521. The number of aromatic nitrogens is 2. The maximum absolute atomic E-state index is 13.4. The summed E-state index contributed by atoms with van der Waals surface area (Å²) in [6, 6.07) is 26.7. The second-order valence-corrected chi connectivity index (χ2v) is 8.17. The van der Waals surface area contributed by atoms with Crippen LogP contribution in [-0.4, -0.2) is 34.0 Å². The van der Waals surface area contributed by atoms with Crippen LogP contribution in [0.3, 0.4) is 0 Å². The van der Waals surface area contributed by atoms with Crippen LogP contribution in [0.15, 0.2) is 84.9 Å². The van der Waals surface area contributed by atoms with Crippen LogP contribution in [0.25, 0.3) is 11.0 Å². The third-order valence-electron chi connectivity index (χ3n) is 5.52. The fourth-order valence-corrected chi connectivity index (χ4v) is 4.00. The lowest BCUT2D eigenvalue weighted by Gasteiger charge is -2.27. The van der Waals surface area contributed by atoms with Crippen LogP contribution in [0, 0.1) is 0 Å². The average molecular weight is 441 g/mol. The molecule has 33 heavy (non-hydrogen) atoms. The van der Waals surface area contributed by atoms with Crippen molar-refractivity contribution in [3.63, 3.8) is 0 Å². The molecular formula is C27H28N4O2. The van der Waals surface area contributed by atoms with Crippen LogP contribution in [0.4, 0.5) is 5.69 Å². The van der Waals surface area contributed by atoms with Gasteiger partial charge in [-0.2, -0.15) is 0 Å². The molecular weight excluding hydrogens is 412 g/mol. The van der Waals surface area contributed by atoms with Crippen LogP contribution in [0.5, 0.6) is 0 Å². The van der Waals surface area contributed by atoms with E-state index in [0.717, 1.165) is 22.5 Å². The number of imidazole rings is 1. The Labute approximate surface area is 193 Å². The average Bonchev–Trinajstić information content (AvgIpc) is 3.17. The minimum atomic E-state index is -0.121. The van der Waals surface area contributed by atoms with E-state index in [2.05, 4.69) is 5.32 Å². The van der Waals surface area contributed by atoms with Gasteiger partial charge in [-0.3, -0.25) is 9.59 Å². The Morgan fingerprint density at radius 3 is 2.24 bits per heavy atom. The molecule has 0 unspecified atom stereocenters. The number of carbonyl (C=O) groups is 2. The molecule has 0 radical (unpaired) electrons. The summed E-state index contributed by atoms with van der Waals surface area (Å²) >= 11 is 0. The number of hydrogen-bond donors (Lipinski definition) is 1. The number of nitrogens with zero attached hydrogens (tertiary/aromatic N) is 3. The van der Waals surface area contributed by atoms with Crippen molar-refractivity contribution in [2.75, 3.05) is 11.4 Å². The molecule has 0 bridgehead atoms. The molecule has 1 heterocycles. The fraction of sp³-hybridized carbons (Fsp3) is 0.222. The Bertz CT molecular complexity index is 1230. The first kappa shape index (κ1) is 22.3. The number of carbonyl (C=O) groups excluding carboxylic acids is 2.